The first kappa shape index (κ1) is 14.5. The summed E-state index contributed by atoms with van der Waals surface area (Å²) in [6.45, 7) is 2.44. The summed E-state index contributed by atoms with van der Waals surface area (Å²) < 4.78 is 0. The smallest absolute Gasteiger partial charge is 0.161 e. The quantitative estimate of drug-likeness (QED) is 0.859. The minimum atomic E-state index is -0.00886. The lowest BCUT2D eigenvalue weighted by molar-refractivity contribution is 0.101. The highest BCUT2D eigenvalue weighted by Gasteiger charge is 2.24. The molecule has 106 valence electrons. The van der Waals surface area contributed by atoms with Gasteiger partial charge < -0.3 is 10.0 Å². The molecule has 20 heavy (non-hydrogen) atoms. The molecule has 2 rings (SSSR count). The molecule has 4 nitrogen and oxygen atoms in total. The van der Waals surface area contributed by atoms with Crippen molar-refractivity contribution < 1.29 is 9.90 Å². The molecular formula is C16H20N2O2. The van der Waals surface area contributed by atoms with E-state index in [2.05, 4.69) is 11.0 Å². The van der Waals surface area contributed by atoms with Crippen molar-refractivity contribution in [3.8, 4) is 6.07 Å². The van der Waals surface area contributed by atoms with Crippen molar-refractivity contribution in [1.29, 1.82) is 5.26 Å². The first-order valence-electron chi connectivity index (χ1n) is 7.10. The maximum Gasteiger partial charge on any atom is 0.161 e. The molecule has 1 N–H and O–H groups in total. The van der Waals surface area contributed by atoms with Gasteiger partial charge in [-0.25, -0.2) is 0 Å². The molecule has 1 unspecified atom stereocenters. The Morgan fingerprint density at radius 2 is 2.25 bits per heavy atom. The minimum absolute atomic E-state index is 0.00886. The highest BCUT2D eigenvalue weighted by molar-refractivity contribution is 6.00. The second-order valence-corrected chi connectivity index (χ2v) is 5.28. The Kier molecular flexibility index (Phi) is 4.75. The van der Waals surface area contributed by atoms with Crippen LogP contribution in [0.15, 0.2) is 18.2 Å². The molecule has 1 aliphatic rings. The predicted molar refractivity (Wildman–Crippen MR) is 77.8 cm³/mol. The van der Waals surface area contributed by atoms with Crippen LogP contribution in [0.3, 0.4) is 0 Å². The molecule has 1 aromatic carbocycles. The summed E-state index contributed by atoms with van der Waals surface area (Å²) in [4.78, 5) is 13.9. The molecule has 0 saturated carbocycles. The van der Waals surface area contributed by atoms with Gasteiger partial charge in [-0.15, -0.1) is 0 Å². The number of aliphatic hydroxyl groups is 1. The zero-order valence-corrected chi connectivity index (χ0v) is 11.8. The van der Waals surface area contributed by atoms with Crippen LogP contribution >= 0.6 is 0 Å². The second-order valence-electron chi connectivity index (χ2n) is 5.28. The Bertz CT molecular complexity index is 534. The van der Waals surface area contributed by atoms with Crippen molar-refractivity contribution in [2.45, 2.75) is 38.6 Å². The lowest BCUT2D eigenvalue weighted by Crippen LogP contribution is -2.38. The molecule has 0 radical (unpaired) electrons. The van der Waals surface area contributed by atoms with Gasteiger partial charge in [0.25, 0.3) is 0 Å². The Morgan fingerprint density at radius 1 is 1.45 bits per heavy atom. The fraction of sp³-hybridized carbons (Fsp3) is 0.500. The largest absolute Gasteiger partial charge is 0.394 e. The Balaban J connectivity index is 2.46. The number of ketones is 1. The van der Waals surface area contributed by atoms with Crippen molar-refractivity contribution in [2.75, 3.05) is 18.1 Å². The zero-order valence-electron chi connectivity index (χ0n) is 11.8. The van der Waals surface area contributed by atoms with E-state index in [4.69, 9.17) is 5.26 Å². The van der Waals surface area contributed by atoms with E-state index in [9.17, 15) is 9.90 Å². The van der Waals surface area contributed by atoms with Crippen LogP contribution in [0, 0.1) is 11.3 Å². The van der Waals surface area contributed by atoms with Crippen LogP contribution in [0.1, 0.15) is 48.5 Å². The number of benzene rings is 1. The van der Waals surface area contributed by atoms with Crippen molar-refractivity contribution in [3.05, 3.63) is 29.3 Å². The van der Waals surface area contributed by atoms with Gasteiger partial charge in [-0.1, -0.05) is 12.8 Å². The third-order valence-corrected chi connectivity index (χ3v) is 3.90. The number of hydrogen-bond acceptors (Lipinski definition) is 4. The van der Waals surface area contributed by atoms with Gasteiger partial charge in [0.15, 0.2) is 5.78 Å². The number of anilines is 1. The predicted octanol–water partition coefficient (Wildman–Crippen LogP) is 2.50. The van der Waals surface area contributed by atoms with Crippen molar-refractivity contribution >= 4 is 11.5 Å². The average molecular weight is 272 g/mol. The van der Waals surface area contributed by atoms with Crippen LogP contribution in [0.4, 0.5) is 5.69 Å². The fourth-order valence-corrected chi connectivity index (χ4v) is 2.82. The number of aliphatic hydroxyl groups excluding tert-OH is 1. The van der Waals surface area contributed by atoms with Crippen molar-refractivity contribution in [2.24, 2.45) is 0 Å². The van der Waals surface area contributed by atoms with E-state index >= 15 is 0 Å². The van der Waals surface area contributed by atoms with Gasteiger partial charge in [-0.05, 0) is 38.0 Å². The maximum absolute atomic E-state index is 11.8. The van der Waals surface area contributed by atoms with Crippen molar-refractivity contribution in [1.82, 2.24) is 0 Å². The van der Waals surface area contributed by atoms with Gasteiger partial charge in [-0.2, -0.15) is 5.26 Å². The Hall–Kier alpha value is -1.86. The van der Waals surface area contributed by atoms with E-state index in [1.54, 1.807) is 18.2 Å². The van der Waals surface area contributed by atoms with Gasteiger partial charge in [0.1, 0.15) is 0 Å². The lowest BCUT2D eigenvalue weighted by atomic mass is 10.0. The van der Waals surface area contributed by atoms with E-state index in [1.807, 2.05) is 0 Å². The van der Waals surface area contributed by atoms with Crippen LogP contribution in [0.2, 0.25) is 0 Å². The highest BCUT2D eigenvalue weighted by atomic mass is 16.3. The third kappa shape index (κ3) is 3.00. The van der Waals surface area contributed by atoms with Crippen LogP contribution in [0.5, 0.6) is 0 Å². The molecule has 1 aromatic rings. The molecule has 0 amide bonds. The topological polar surface area (TPSA) is 64.3 Å². The van der Waals surface area contributed by atoms with Gasteiger partial charge in [0, 0.05) is 17.8 Å². The summed E-state index contributed by atoms with van der Waals surface area (Å²) in [7, 11) is 0. The first-order valence-corrected chi connectivity index (χ1v) is 7.10. The first-order chi connectivity index (χ1) is 9.67. The van der Waals surface area contributed by atoms with Gasteiger partial charge >= 0.3 is 0 Å². The summed E-state index contributed by atoms with van der Waals surface area (Å²) in [5.41, 5.74) is 1.97. The van der Waals surface area contributed by atoms with E-state index in [0.29, 0.717) is 11.1 Å². The summed E-state index contributed by atoms with van der Waals surface area (Å²) in [6.07, 6.45) is 4.20. The molecular weight excluding hydrogens is 252 g/mol. The molecule has 0 spiro atoms. The minimum Gasteiger partial charge on any atom is -0.394 e. The lowest BCUT2D eigenvalue weighted by Gasteiger charge is -2.32. The molecule has 1 heterocycles. The van der Waals surface area contributed by atoms with Gasteiger partial charge in [0.2, 0.25) is 0 Å². The summed E-state index contributed by atoms with van der Waals surface area (Å²) >= 11 is 0. The molecule has 4 heteroatoms. The summed E-state index contributed by atoms with van der Waals surface area (Å²) in [5.74, 6) is -0.00886. The van der Waals surface area contributed by atoms with E-state index < -0.39 is 0 Å². The summed E-state index contributed by atoms with van der Waals surface area (Å²) in [5, 5.41) is 18.7. The third-order valence-electron chi connectivity index (χ3n) is 3.90. The number of hydrogen-bond donors (Lipinski definition) is 1. The number of carbonyl (C=O) groups is 1. The Morgan fingerprint density at radius 3 is 2.90 bits per heavy atom. The standard InChI is InChI=1S/C16H20N2O2/c1-12(20)15-7-6-13(10-17)9-16(15)18-8-4-2-3-5-14(18)11-19/h6-7,9,14,19H,2-5,8,11H2,1H3. The van der Waals surface area contributed by atoms with E-state index in [-0.39, 0.29) is 18.4 Å². The molecule has 1 aliphatic heterocycles. The molecule has 1 atom stereocenters. The van der Waals surface area contributed by atoms with Crippen molar-refractivity contribution in [3.63, 3.8) is 0 Å². The van der Waals surface area contributed by atoms with Crippen LogP contribution < -0.4 is 4.90 Å². The maximum atomic E-state index is 11.8. The fourth-order valence-electron chi connectivity index (χ4n) is 2.82. The second kappa shape index (κ2) is 6.53. The highest BCUT2D eigenvalue weighted by Crippen LogP contribution is 2.28. The van der Waals surface area contributed by atoms with Crippen LogP contribution in [-0.2, 0) is 0 Å². The molecule has 0 bridgehead atoms. The summed E-state index contributed by atoms with van der Waals surface area (Å²) in [6, 6.07) is 7.31. The van der Waals surface area contributed by atoms with E-state index in [0.717, 1.165) is 37.9 Å². The normalized spacial score (nSPS) is 19.2. The average Bonchev–Trinajstić information content (AvgIpc) is 2.71. The van der Waals surface area contributed by atoms with Crippen LogP contribution in [0.25, 0.3) is 0 Å². The van der Waals surface area contributed by atoms with Crippen LogP contribution in [-0.4, -0.2) is 30.1 Å². The number of rotatable bonds is 3. The number of nitrogens with zero attached hydrogens (tertiary/aromatic N) is 2. The van der Waals surface area contributed by atoms with Gasteiger partial charge in [-0.3, -0.25) is 4.79 Å². The van der Waals surface area contributed by atoms with E-state index in [1.165, 1.54) is 6.92 Å². The number of carbonyl (C=O) groups excluding carboxylic acids is 1. The number of nitriles is 1. The number of Topliss-reactive ketones (excluding diaryl/α,β-unsaturated/α-hetero) is 1. The van der Waals surface area contributed by atoms with Gasteiger partial charge in [0.05, 0.1) is 24.3 Å². The Labute approximate surface area is 119 Å². The molecule has 1 saturated heterocycles. The SMILES string of the molecule is CC(=O)c1ccc(C#N)cc1N1CCCCCC1CO. The molecule has 1 fully saturated rings. The monoisotopic (exact) mass is 272 g/mol. The molecule has 0 aromatic heterocycles. The zero-order chi connectivity index (χ0) is 14.5. The molecule has 0 aliphatic carbocycles.